The van der Waals surface area contributed by atoms with E-state index >= 15 is 0 Å². The molecule has 0 unspecified atom stereocenters. The zero-order valence-electron chi connectivity index (χ0n) is 8.87. The van der Waals surface area contributed by atoms with E-state index in [0.29, 0.717) is 24.7 Å². The highest BCUT2D eigenvalue weighted by molar-refractivity contribution is 6.19. The first-order valence-electron chi connectivity index (χ1n) is 5.24. The van der Waals surface area contributed by atoms with Crippen LogP contribution < -0.4 is 5.32 Å². The van der Waals surface area contributed by atoms with Crippen LogP contribution in [-0.4, -0.2) is 30.5 Å². The molecule has 16 heavy (non-hydrogen) atoms. The van der Waals surface area contributed by atoms with Crippen LogP contribution in [0.1, 0.15) is 23.2 Å². The molecule has 1 aliphatic rings. The molecule has 2 rings (SSSR count). The monoisotopic (exact) mass is 243 g/mol. The number of nitrogens with one attached hydrogen (secondary N) is 1. The molecule has 0 atom stereocenters. The molecule has 1 saturated heterocycles. The summed E-state index contributed by atoms with van der Waals surface area (Å²) in [5, 5.41) is 2.97. The van der Waals surface area contributed by atoms with Gasteiger partial charge in [0.15, 0.2) is 0 Å². The Morgan fingerprint density at radius 3 is 2.81 bits per heavy atom. The van der Waals surface area contributed by atoms with Crippen molar-refractivity contribution >= 4 is 17.5 Å². The van der Waals surface area contributed by atoms with Crippen molar-refractivity contribution in [3.8, 4) is 0 Å². The summed E-state index contributed by atoms with van der Waals surface area (Å²) in [7, 11) is 0. The van der Waals surface area contributed by atoms with Crippen LogP contribution in [0.3, 0.4) is 0 Å². The molecule has 0 radical (unpaired) electrons. The second-order valence-corrected chi connectivity index (χ2v) is 4.26. The van der Waals surface area contributed by atoms with E-state index in [0.717, 1.165) is 12.8 Å². The molecule has 88 valence electrons. The van der Waals surface area contributed by atoms with Crippen molar-refractivity contribution in [1.29, 1.82) is 0 Å². The fourth-order valence-corrected chi connectivity index (χ4v) is 2.09. The van der Waals surface area contributed by atoms with E-state index in [-0.39, 0.29) is 11.4 Å². The quantitative estimate of drug-likeness (QED) is 0.824. The van der Waals surface area contributed by atoms with Crippen LogP contribution in [0.2, 0.25) is 0 Å². The Balaban J connectivity index is 2.03. The molecule has 1 N–H and O–H groups in total. The first-order valence-corrected chi connectivity index (χ1v) is 5.78. The Hall–Kier alpha value is -1.00. The summed E-state index contributed by atoms with van der Waals surface area (Å²) in [5.74, 6) is 0.260. The number of furan rings is 1. The summed E-state index contributed by atoms with van der Waals surface area (Å²) >= 11 is 5.95. The van der Waals surface area contributed by atoms with Crippen LogP contribution in [0.25, 0.3) is 0 Å². The summed E-state index contributed by atoms with van der Waals surface area (Å²) < 4.78 is 10.1. The van der Waals surface area contributed by atoms with Gasteiger partial charge in [0.25, 0.3) is 5.91 Å². The molecule has 5 heteroatoms. The molecule has 0 saturated carbocycles. The Labute approximate surface area is 98.9 Å². The van der Waals surface area contributed by atoms with E-state index in [4.69, 9.17) is 20.8 Å². The summed E-state index contributed by atoms with van der Waals surface area (Å²) in [4.78, 5) is 11.9. The second-order valence-electron chi connectivity index (χ2n) is 3.99. The number of halogens is 1. The SMILES string of the molecule is O=C(NC1(CCl)CCOCC1)c1ccoc1. The maximum absolute atomic E-state index is 11.9. The van der Waals surface area contributed by atoms with Crippen LogP contribution in [-0.2, 0) is 4.74 Å². The number of alkyl halides is 1. The minimum absolute atomic E-state index is 0.142. The molecular weight excluding hydrogens is 230 g/mol. The fraction of sp³-hybridized carbons (Fsp3) is 0.545. The first-order chi connectivity index (χ1) is 7.76. The van der Waals surface area contributed by atoms with E-state index in [1.807, 2.05) is 0 Å². The highest BCUT2D eigenvalue weighted by Crippen LogP contribution is 2.22. The van der Waals surface area contributed by atoms with Gasteiger partial charge in [-0.05, 0) is 18.9 Å². The Morgan fingerprint density at radius 2 is 2.25 bits per heavy atom. The highest BCUT2D eigenvalue weighted by atomic mass is 35.5. The van der Waals surface area contributed by atoms with Gasteiger partial charge in [-0.2, -0.15) is 0 Å². The van der Waals surface area contributed by atoms with Gasteiger partial charge in [0.1, 0.15) is 6.26 Å². The Bertz CT molecular complexity index is 344. The third kappa shape index (κ3) is 2.39. The summed E-state index contributed by atoms with van der Waals surface area (Å²) in [6.07, 6.45) is 4.41. The van der Waals surface area contributed by atoms with E-state index in [1.165, 1.54) is 12.5 Å². The minimum Gasteiger partial charge on any atom is -0.472 e. The lowest BCUT2D eigenvalue weighted by atomic mass is 9.92. The lowest BCUT2D eigenvalue weighted by Gasteiger charge is -2.36. The summed E-state index contributed by atoms with van der Waals surface area (Å²) in [6, 6.07) is 1.64. The van der Waals surface area contributed by atoms with Crippen LogP contribution in [0.5, 0.6) is 0 Å². The molecule has 1 fully saturated rings. The molecule has 1 aromatic heterocycles. The zero-order valence-corrected chi connectivity index (χ0v) is 9.63. The zero-order chi connectivity index (χ0) is 11.4. The lowest BCUT2D eigenvalue weighted by molar-refractivity contribution is 0.0433. The number of ether oxygens (including phenoxy) is 1. The molecule has 0 spiro atoms. The van der Waals surface area contributed by atoms with E-state index in [2.05, 4.69) is 5.32 Å². The van der Waals surface area contributed by atoms with Gasteiger partial charge in [-0.3, -0.25) is 4.79 Å². The normalized spacial score (nSPS) is 19.3. The fourth-order valence-electron chi connectivity index (χ4n) is 1.76. The van der Waals surface area contributed by atoms with Gasteiger partial charge >= 0.3 is 0 Å². The number of hydrogen-bond acceptors (Lipinski definition) is 3. The summed E-state index contributed by atoms with van der Waals surface area (Å²) in [5.41, 5.74) is 0.185. The van der Waals surface area contributed by atoms with Gasteiger partial charge in [0, 0.05) is 19.1 Å². The van der Waals surface area contributed by atoms with Gasteiger partial charge in [-0.25, -0.2) is 0 Å². The third-order valence-corrected chi connectivity index (χ3v) is 3.38. The molecule has 1 aliphatic heterocycles. The van der Waals surface area contributed by atoms with Gasteiger partial charge in [0.05, 0.1) is 17.4 Å². The molecule has 4 nitrogen and oxygen atoms in total. The van der Waals surface area contributed by atoms with E-state index in [1.54, 1.807) is 6.07 Å². The van der Waals surface area contributed by atoms with Crippen LogP contribution in [0.15, 0.2) is 23.0 Å². The topological polar surface area (TPSA) is 51.5 Å². The van der Waals surface area contributed by atoms with Crippen molar-refractivity contribution in [3.05, 3.63) is 24.2 Å². The lowest BCUT2D eigenvalue weighted by Crippen LogP contribution is -2.53. The van der Waals surface area contributed by atoms with Crippen LogP contribution in [0.4, 0.5) is 0 Å². The van der Waals surface area contributed by atoms with Crippen molar-refractivity contribution in [2.45, 2.75) is 18.4 Å². The molecular formula is C11H14ClNO3. The number of rotatable bonds is 3. The minimum atomic E-state index is -0.339. The Morgan fingerprint density at radius 1 is 1.50 bits per heavy atom. The maximum Gasteiger partial charge on any atom is 0.255 e. The second kappa shape index (κ2) is 4.89. The average molecular weight is 244 g/mol. The van der Waals surface area contributed by atoms with Crippen molar-refractivity contribution in [2.24, 2.45) is 0 Å². The maximum atomic E-state index is 11.9. The van der Waals surface area contributed by atoms with Gasteiger partial charge in [-0.1, -0.05) is 0 Å². The number of amides is 1. The highest BCUT2D eigenvalue weighted by Gasteiger charge is 2.33. The van der Waals surface area contributed by atoms with E-state index in [9.17, 15) is 4.79 Å². The smallest absolute Gasteiger partial charge is 0.255 e. The average Bonchev–Trinajstić information content (AvgIpc) is 2.84. The predicted octanol–water partition coefficient (Wildman–Crippen LogP) is 1.80. The number of carbonyl (C=O) groups excluding carboxylic acids is 1. The van der Waals surface area contributed by atoms with E-state index < -0.39 is 0 Å². The summed E-state index contributed by atoms with van der Waals surface area (Å²) in [6.45, 7) is 1.27. The van der Waals surface area contributed by atoms with Gasteiger partial charge < -0.3 is 14.5 Å². The van der Waals surface area contributed by atoms with Gasteiger partial charge in [0.2, 0.25) is 0 Å². The number of hydrogen-bond donors (Lipinski definition) is 1. The largest absolute Gasteiger partial charge is 0.472 e. The van der Waals surface area contributed by atoms with Crippen LogP contribution >= 0.6 is 11.6 Å². The number of carbonyl (C=O) groups is 1. The Kier molecular flexibility index (Phi) is 3.51. The third-order valence-electron chi connectivity index (χ3n) is 2.87. The standard InChI is InChI=1S/C11H14ClNO3/c12-8-11(2-5-15-6-3-11)13-10(14)9-1-4-16-7-9/h1,4,7H,2-3,5-6,8H2,(H,13,14). The molecule has 0 bridgehead atoms. The predicted molar refractivity (Wildman–Crippen MR) is 59.7 cm³/mol. The van der Waals surface area contributed by atoms with Gasteiger partial charge in [-0.15, -0.1) is 11.6 Å². The first kappa shape index (κ1) is 11.5. The van der Waals surface area contributed by atoms with Crippen molar-refractivity contribution < 1.29 is 13.9 Å². The van der Waals surface area contributed by atoms with Crippen molar-refractivity contribution in [1.82, 2.24) is 5.32 Å². The molecule has 1 amide bonds. The molecule has 0 aromatic carbocycles. The molecule has 0 aliphatic carbocycles. The van der Waals surface area contributed by atoms with Crippen molar-refractivity contribution in [3.63, 3.8) is 0 Å². The molecule has 2 heterocycles. The molecule has 1 aromatic rings. The van der Waals surface area contributed by atoms with Crippen LogP contribution in [0, 0.1) is 0 Å². The van der Waals surface area contributed by atoms with Crippen molar-refractivity contribution in [2.75, 3.05) is 19.1 Å².